The molecule has 0 unspecified atom stereocenters. The number of anilines is 2. The lowest BCUT2D eigenvalue weighted by molar-refractivity contribution is 1.55. The lowest BCUT2D eigenvalue weighted by Gasteiger charge is -2.24. The van der Waals surface area contributed by atoms with Crippen LogP contribution in [0.1, 0.15) is 0 Å². The molecule has 0 fully saturated rings. The van der Waals surface area contributed by atoms with Crippen LogP contribution < -0.4 is 15.7 Å². The Bertz CT molecular complexity index is 575. The van der Waals surface area contributed by atoms with Gasteiger partial charge >= 0.3 is 0 Å². The Morgan fingerprint density at radius 3 is 1.52 bits per heavy atom. The highest BCUT2D eigenvalue weighted by molar-refractivity contribution is 6.91. The molecule has 0 aliphatic carbocycles. The Kier molecular flexibility index (Phi) is 4.44. The second-order valence-corrected chi connectivity index (χ2v) is 17.9. The predicted octanol–water partition coefficient (Wildman–Crippen LogP) is 4.52. The van der Waals surface area contributed by atoms with Crippen LogP contribution in [0.2, 0.25) is 39.3 Å². The van der Waals surface area contributed by atoms with E-state index in [0.717, 1.165) is 5.69 Å². The fourth-order valence-electron chi connectivity index (χ4n) is 2.25. The van der Waals surface area contributed by atoms with Crippen LogP contribution in [-0.2, 0) is 0 Å². The van der Waals surface area contributed by atoms with E-state index < -0.39 is 16.1 Å². The third-order valence-corrected chi connectivity index (χ3v) is 7.77. The summed E-state index contributed by atoms with van der Waals surface area (Å²) in [5.41, 5.74) is 2.39. The van der Waals surface area contributed by atoms with Crippen LogP contribution in [-0.4, -0.2) is 16.1 Å². The monoisotopic (exact) mass is 313 g/mol. The first kappa shape index (κ1) is 16.1. The van der Waals surface area contributed by atoms with Crippen molar-refractivity contribution in [2.45, 2.75) is 39.3 Å². The zero-order chi connectivity index (χ0) is 15.7. The summed E-state index contributed by atoms with van der Waals surface area (Å²) in [6, 6.07) is 17.6. The van der Waals surface area contributed by atoms with E-state index in [1.54, 1.807) is 10.4 Å². The molecule has 0 saturated carbocycles. The van der Waals surface area contributed by atoms with E-state index in [1.165, 1.54) is 5.69 Å². The minimum atomic E-state index is -1.31. The molecule has 0 aliphatic heterocycles. The number of hydrogen-bond acceptors (Lipinski definition) is 1. The minimum Gasteiger partial charge on any atom is -0.356 e. The highest BCUT2D eigenvalue weighted by Gasteiger charge is 2.22. The van der Waals surface area contributed by atoms with Crippen LogP contribution in [0.25, 0.3) is 0 Å². The fraction of sp³-hybridized carbons (Fsp3) is 0.333. The van der Waals surface area contributed by atoms with Crippen LogP contribution in [0.4, 0.5) is 11.4 Å². The van der Waals surface area contributed by atoms with Crippen LogP contribution in [0.15, 0.2) is 48.5 Å². The van der Waals surface area contributed by atoms with Gasteiger partial charge in [0.1, 0.15) is 0 Å². The van der Waals surface area contributed by atoms with Gasteiger partial charge in [0.2, 0.25) is 0 Å². The van der Waals surface area contributed by atoms with E-state index in [-0.39, 0.29) is 0 Å². The van der Waals surface area contributed by atoms with Crippen molar-refractivity contribution in [3.05, 3.63) is 48.5 Å². The first-order valence-corrected chi connectivity index (χ1v) is 14.6. The van der Waals surface area contributed by atoms with E-state index in [2.05, 4.69) is 93.1 Å². The molecule has 2 aromatic rings. The normalized spacial score (nSPS) is 12.3. The van der Waals surface area contributed by atoms with Crippen molar-refractivity contribution in [2.75, 3.05) is 5.32 Å². The van der Waals surface area contributed by atoms with Crippen molar-refractivity contribution in [1.82, 2.24) is 0 Å². The van der Waals surface area contributed by atoms with E-state index in [4.69, 9.17) is 0 Å². The Labute approximate surface area is 131 Å². The summed E-state index contributed by atoms with van der Waals surface area (Å²) in [5, 5.41) is 6.66. The number of hydrogen-bond donors (Lipinski definition) is 1. The van der Waals surface area contributed by atoms with Crippen molar-refractivity contribution in [3.63, 3.8) is 0 Å². The molecule has 112 valence electrons. The first-order chi connectivity index (χ1) is 9.66. The molecule has 1 nitrogen and oxygen atoms in total. The summed E-state index contributed by atoms with van der Waals surface area (Å²) < 4.78 is 0. The maximum Gasteiger partial charge on any atom is 0.0776 e. The van der Waals surface area contributed by atoms with Crippen LogP contribution in [0, 0.1) is 0 Å². The molecular formula is C18H27NSi2. The lowest BCUT2D eigenvalue weighted by Crippen LogP contribution is -2.45. The van der Waals surface area contributed by atoms with Crippen molar-refractivity contribution >= 4 is 37.9 Å². The zero-order valence-corrected chi connectivity index (χ0v) is 16.1. The van der Waals surface area contributed by atoms with E-state index in [9.17, 15) is 0 Å². The minimum absolute atomic E-state index is 1.16. The first-order valence-electron chi connectivity index (χ1n) is 7.64. The molecule has 0 spiro atoms. The number of para-hydroxylation sites is 1. The predicted molar refractivity (Wildman–Crippen MR) is 102 cm³/mol. The highest BCUT2D eigenvalue weighted by atomic mass is 28.3. The van der Waals surface area contributed by atoms with E-state index in [1.807, 2.05) is 0 Å². The standard InChI is InChI=1S/C18H27NSi2/c1-20(2,3)17-12-16(13-18(14-17)21(4,5)6)19-15-10-8-7-9-11-15/h7-14,19H,1-6H3. The van der Waals surface area contributed by atoms with E-state index in [0.29, 0.717) is 0 Å². The van der Waals surface area contributed by atoms with Crippen molar-refractivity contribution in [3.8, 4) is 0 Å². The van der Waals surface area contributed by atoms with Gasteiger partial charge in [-0.1, -0.05) is 73.9 Å². The summed E-state index contributed by atoms with van der Waals surface area (Å²) in [6.07, 6.45) is 0. The number of benzene rings is 2. The molecule has 0 bridgehead atoms. The maximum absolute atomic E-state index is 3.57. The summed E-state index contributed by atoms with van der Waals surface area (Å²) in [5.74, 6) is 0. The van der Waals surface area contributed by atoms with Gasteiger partial charge in [0, 0.05) is 11.4 Å². The molecule has 1 N–H and O–H groups in total. The maximum atomic E-state index is 3.57. The van der Waals surface area contributed by atoms with Crippen LogP contribution in [0.5, 0.6) is 0 Å². The topological polar surface area (TPSA) is 12.0 Å². The average molecular weight is 314 g/mol. The SMILES string of the molecule is C[Si](C)(C)c1cc(Nc2ccccc2)cc([Si](C)(C)C)c1. The Morgan fingerprint density at radius 1 is 0.619 bits per heavy atom. The second-order valence-electron chi connectivity index (χ2n) is 7.79. The highest BCUT2D eigenvalue weighted by Crippen LogP contribution is 2.17. The van der Waals surface area contributed by atoms with Gasteiger partial charge in [-0.25, -0.2) is 0 Å². The number of nitrogens with one attached hydrogen (secondary N) is 1. The summed E-state index contributed by atoms with van der Waals surface area (Å²) in [4.78, 5) is 0. The van der Waals surface area contributed by atoms with Gasteiger partial charge < -0.3 is 5.32 Å². The van der Waals surface area contributed by atoms with Gasteiger partial charge in [-0.15, -0.1) is 0 Å². The summed E-state index contributed by atoms with van der Waals surface area (Å²) >= 11 is 0. The fourth-order valence-corrected chi connectivity index (χ4v) is 4.75. The lowest BCUT2D eigenvalue weighted by atomic mass is 10.2. The molecule has 2 aromatic carbocycles. The van der Waals surface area contributed by atoms with Crippen molar-refractivity contribution in [2.24, 2.45) is 0 Å². The smallest absolute Gasteiger partial charge is 0.0776 e. The molecule has 0 atom stereocenters. The molecule has 0 amide bonds. The van der Waals surface area contributed by atoms with Gasteiger partial charge in [0.25, 0.3) is 0 Å². The second kappa shape index (κ2) is 5.81. The van der Waals surface area contributed by atoms with Crippen LogP contribution in [0.3, 0.4) is 0 Å². The van der Waals surface area contributed by atoms with Gasteiger partial charge in [0.15, 0.2) is 0 Å². The molecule has 0 aliphatic rings. The summed E-state index contributed by atoms with van der Waals surface area (Å²) in [6.45, 7) is 14.5. The molecule has 3 heteroatoms. The molecule has 21 heavy (non-hydrogen) atoms. The molecule has 0 aromatic heterocycles. The largest absolute Gasteiger partial charge is 0.356 e. The van der Waals surface area contributed by atoms with Gasteiger partial charge in [-0.2, -0.15) is 0 Å². The molecule has 0 heterocycles. The van der Waals surface area contributed by atoms with Gasteiger partial charge in [-0.05, 0) is 24.3 Å². The van der Waals surface area contributed by atoms with Crippen molar-refractivity contribution < 1.29 is 0 Å². The third kappa shape index (κ3) is 4.32. The quantitative estimate of drug-likeness (QED) is 0.818. The Hall–Kier alpha value is -1.33. The van der Waals surface area contributed by atoms with Gasteiger partial charge in [0.05, 0.1) is 16.1 Å². The van der Waals surface area contributed by atoms with E-state index >= 15 is 0 Å². The molecular weight excluding hydrogens is 286 g/mol. The Balaban J connectivity index is 2.45. The third-order valence-electron chi connectivity index (χ3n) is 3.73. The Morgan fingerprint density at radius 2 is 1.10 bits per heavy atom. The van der Waals surface area contributed by atoms with Gasteiger partial charge in [-0.3, -0.25) is 0 Å². The average Bonchev–Trinajstić information content (AvgIpc) is 2.37. The summed E-state index contributed by atoms with van der Waals surface area (Å²) in [7, 11) is -2.62. The van der Waals surface area contributed by atoms with Crippen LogP contribution >= 0.6 is 0 Å². The molecule has 0 saturated heterocycles. The molecule has 2 rings (SSSR count). The van der Waals surface area contributed by atoms with Crippen molar-refractivity contribution in [1.29, 1.82) is 0 Å². The zero-order valence-electron chi connectivity index (χ0n) is 14.1. The number of rotatable bonds is 4. The molecule has 0 radical (unpaired) electrons.